The van der Waals surface area contributed by atoms with E-state index in [9.17, 15) is 14.4 Å². The molecule has 0 radical (unpaired) electrons. The lowest BCUT2D eigenvalue weighted by molar-refractivity contribution is -0.167. The highest BCUT2D eigenvalue weighted by Crippen LogP contribution is 2.16. The normalized spacial score (nSPS) is 12.5. The lowest BCUT2D eigenvalue weighted by atomic mass is 10.0. The second kappa shape index (κ2) is 55.7. The topological polar surface area (TPSA) is 78.9 Å². The highest BCUT2D eigenvalue weighted by Gasteiger charge is 2.19. The van der Waals surface area contributed by atoms with Gasteiger partial charge in [0.15, 0.2) is 6.10 Å². The molecule has 6 nitrogen and oxygen atoms in total. The fraction of sp³-hybridized carbons (Fsp3) is 0.787. The lowest BCUT2D eigenvalue weighted by Crippen LogP contribution is -2.30. The van der Waals surface area contributed by atoms with Crippen LogP contribution < -0.4 is 0 Å². The first-order valence-electron chi connectivity index (χ1n) is 28.8. The maximum absolute atomic E-state index is 12.8. The summed E-state index contributed by atoms with van der Waals surface area (Å²) < 4.78 is 16.8. The van der Waals surface area contributed by atoms with Crippen LogP contribution in [0.1, 0.15) is 290 Å². The molecule has 0 saturated heterocycles. The van der Waals surface area contributed by atoms with Crippen molar-refractivity contribution in [3.05, 3.63) is 60.8 Å². The van der Waals surface area contributed by atoms with E-state index in [-0.39, 0.29) is 37.5 Å². The molecule has 6 heteroatoms. The van der Waals surface area contributed by atoms with Gasteiger partial charge in [0.2, 0.25) is 0 Å². The van der Waals surface area contributed by atoms with Gasteiger partial charge in [0.25, 0.3) is 0 Å². The number of unbranched alkanes of at least 4 members (excludes halogenated alkanes) is 31. The zero-order valence-corrected chi connectivity index (χ0v) is 44.4. The van der Waals surface area contributed by atoms with Crippen LogP contribution in [0.5, 0.6) is 0 Å². The van der Waals surface area contributed by atoms with Crippen LogP contribution in [0, 0.1) is 0 Å². The van der Waals surface area contributed by atoms with Gasteiger partial charge in [-0.15, -0.1) is 0 Å². The average molecular weight is 938 g/mol. The van der Waals surface area contributed by atoms with Gasteiger partial charge < -0.3 is 14.2 Å². The molecule has 0 aromatic rings. The van der Waals surface area contributed by atoms with Crippen molar-refractivity contribution < 1.29 is 28.6 Å². The third-order valence-corrected chi connectivity index (χ3v) is 12.5. The van der Waals surface area contributed by atoms with Crippen LogP contribution in [0.4, 0.5) is 0 Å². The minimum atomic E-state index is -0.799. The molecule has 1 unspecified atom stereocenters. The predicted octanol–water partition coefficient (Wildman–Crippen LogP) is 19.2. The maximum atomic E-state index is 12.8. The molecular formula is C61H108O6. The molecule has 0 fully saturated rings. The van der Waals surface area contributed by atoms with Gasteiger partial charge in [0.05, 0.1) is 0 Å². The van der Waals surface area contributed by atoms with Crippen LogP contribution in [0.25, 0.3) is 0 Å². The molecule has 0 N–H and O–H groups in total. The van der Waals surface area contributed by atoms with Crippen LogP contribution >= 0.6 is 0 Å². The van der Waals surface area contributed by atoms with Gasteiger partial charge in [0, 0.05) is 19.3 Å². The van der Waals surface area contributed by atoms with E-state index in [1.807, 2.05) is 0 Å². The van der Waals surface area contributed by atoms with Crippen molar-refractivity contribution >= 4 is 17.9 Å². The summed E-state index contributed by atoms with van der Waals surface area (Å²) in [5, 5.41) is 0. The van der Waals surface area contributed by atoms with Crippen LogP contribution in [-0.2, 0) is 28.6 Å². The Hall–Kier alpha value is -2.89. The molecule has 0 rings (SSSR count). The van der Waals surface area contributed by atoms with Gasteiger partial charge in [-0.2, -0.15) is 0 Å². The fourth-order valence-corrected chi connectivity index (χ4v) is 8.14. The number of ether oxygens (including phenoxy) is 3. The van der Waals surface area contributed by atoms with Crippen LogP contribution in [0.2, 0.25) is 0 Å². The summed E-state index contributed by atoms with van der Waals surface area (Å²) in [6.45, 7) is 6.58. The summed E-state index contributed by atoms with van der Waals surface area (Å²) in [6.07, 6.45) is 69.3. The number of hydrogen-bond donors (Lipinski definition) is 0. The highest BCUT2D eigenvalue weighted by molar-refractivity contribution is 5.71. The van der Waals surface area contributed by atoms with Crippen molar-refractivity contribution in [2.45, 2.75) is 297 Å². The number of allylic oxidation sites excluding steroid dienone is 10. The van der Waals surface area contributed by atoms with Gasteiger partial charge in [-0.05, 0) is 83.5 Å². The Morgan fingerprint density at radius 2 is 0.552 bits per heavy atom. The van der Waals surface area contributed by atoms with Gasteiger partial charge in [-0.25, -0.2) is 0 Å². The monoisotopic (exact) mass is 937 g/mol. The Balaban J connectivity index is 4.45. The van der Waals surface area contributed by atoms with Crippen molar-refractivity contribution in [3.8, 4) is 0 Å². The van der Waals surface area contributed by atoms with Gasteiger partial charge in [0.1, 0.15) is 13.2 Å². The number of hydrogen-bond acceptors (Lipinski definition) is 6. The van der Waals surface area contributed by atoms with Crippen molar-refractivity contribution in [2.24, 2.45) is 0 Å². The summed E-state index contributed by atoms with van der Waals surface area (Å²) in [5.74, 6) is -0.947. The number of carbonyl (C=O) groups is 3. The molecular weight excluding hydrogens is 829 g/mol. The van der Waals surface area contributed by atoms with Crippen LogP contribution in [0.3, 0.4) is 0 Å². The molecule has 0 heterocycles. The standard InChI is InChI=1S/C61H108O6/c1-4-7-10-13-16-19-22-25-28-31-34-36-39-42-45-48-51-54-60(63)66-57-58(67-61(64)55-52-49-46-43-40-37-33-30-27-24-21-18-15-12-9-6-3)56-65-59(62)53-50-47-44-41-38-35-32-29-26-23-20-17-14-11-8-5-2/h16,19,25,28,30,33-34,36,42,45,58H,4-15,17-18,20-24,26-27,29,31-32,35,37-41,43-44,46-57H2,1-3H3/b19-16-,28-25-,33-30-,36-34-,45-42-. The molecule has 0 bridgehead atoms. The Morgan fingerprint density at radius 1 is 0.299 bits per heavy atom. The Labute approximate surface area is 415 Å². The summed E-state index contributed by atoms with van der Waals surface area (Å²) in [5.41, 5.74) is 0. The quantitative estimate of drug-likeness (QED) is 0.0262. The first-order valence-corrected chi connectivity index (χ1v) is 28.8. The maximum Gasteiger partial charge on any atom is 0.306 e. The molecule has 0 spiro atoms. The second-order valence-corrected chi connectivity index (χ2v) is 19.2. The van der Waals surface area contributed by atoms with Crippen LogP contribution in [0.15, 0.2) is 60.8 Å². The average Bonchev–Trinajstić information content (AvgIpc) is 3.33. The van der Waals surface area contributed by atoms with E-state index < -0.39 is 6.10 Å². The minimum absolute atomic E-state index is 0.0919. The Bertz CT molecular complexity index is 1210. The second-order valence-electron chi connectivity index (χ2n) is 19.2. The summed E-state index contributed by atoms with van der Waals surface area (Å²) in [7, 11) is 0. The van der Waals surface area contributed by atoms with E-state index in [4.69, 9.17) is 14.2 Å². The Kier molecular flexibility index (Phi) is 53.3. The lowest BCUT2D eigenvalue weighted by Gasteiger charge is -2.18. The van der Waals surface area contributed by atoms with Crippen molar-refractivity contribution in [1.82, 2.24) is 0 Å². The first-order chi connectivity index (χ1) is 33.0. The largest absolute Gasteiger partial charge is 0.462 e. The highest BCUT2D eigenvalue weighted by atomic mass is 16.6. The fourth-order valence-electron chi connectivity index (χ4n) is 8.14. The molecule has 0 amide bonds. The van der Waals surface area contributed by atoms with Crippen molar-refractivity contribution in [2.75, 3.05) is 13.2 Å². The van der Waals surface area contributed by atoms with E-state index in [0.29, 0.717) is 19.3 Å². The third-order valence-electron chi connectivity index (χ3n) is 12.5. The van der Waals surface area contributed by atoms with Crippen LogP contribution in [-0.4, -0.2) is 37.2 Å². The zero-order valence-electron chi connectivity index (χ0n) is 44.4. The van der Waals surface area contributed by atoms with E-state index in [0.717, 1.165) is 77.0 Å². The molecule has 388 valence electrons. The third kappa shape index (κ3) is 53.9. The van der Waals surface area contributed by atoms with Gasteiger partial charge >= 0.3 is 17.9 Å². The number of rotatable bonds is 52. The van der Waals surface area contributed by atoms with E-state index >= 15 is 0 Å². The zero-order chi connectivity index (χ0) is 48.6. The van der Waals surface area contributed by atoms with E-state index in [1.54, 1.807) is 0 Å². The summed E-state index contributed by atoms with van der Waals surface area (Å²) in [6, 6.07) is 0. The smallest absolute Gasteiger partial charge is 0.306 e. The van der Waals surface area contributed by atoms with Crippen molar-refractivity contribution in [3.63, 3.8) is 0 Å². The Morgan fingerprint density at radius 3 is 0.940 bits per heavy atom. The van der Waals surface area contributed by atoms with Gasteiger partial charge in [-0.1, -0.05) is 248 Å². The SMILES string of the molecule is CCCCC/C=C\C/C=C\C/C=C\C/C=C\CCCC(=O)OCC(COC(=O)CCCCCCCCCCCCCCCCCC)OC(=O)CCCCCCC/C=C\CCCCCCCCC. The molecule has 1 atom stereocenters. The molecule has 67 heavy (non-hydrogen) atoms. The van der Waals surface area contributed by atoms with E-state index in [1.165, 1.54) is 167 Å². The molecule has 0 aromatic carbocycles. The van der Waals surface area contributed by atoms with Gasteiger partial charge in [-0.3, -0.25) is 14.4 Å². The minimum Gasteiger partial charge on any atom is -0.462 e. The number of esters is 3. The molecule has 0 saturated carbocycles. The first kappa shape index (κ1) is 64.1. The molecule has 0 aliphatic carbocycles. The summed E-state index contributed by atoms with van der Waals surface area (Å²) in [4.78, 5) is 38.1. The molecule has 0 aliphatic heterocycles. The number of carbonyl (C=O) groups excluding carboxylic acids is 3. The predicted molar refractivity (Wildman–Crippen MR) is 288 cm³/mol. The molecule has 0 aromatic heterocycles. The summed E-state index contributed by atoms with van der Waals surface area (Å²) >= 11 is 0. The van der Waals surface area contributed by atoms with E-state index in [2.05, 4.69) is 81.5 Å². The van der Waals surface area contributed by atoms with Crippen molar-refractivity contribution in [1.29, 1.82) is 0 Å². The molecule has 0 aliphatic rings.